The molecule has 0 bridgehead atoms. The minimum Gasteiger partial charge on any atom is -0.355 e. The lowest BCUT2D eigenvalue weighted by molar-refractivity contribution is -0.110. The van der Waals surface area contributed by atoms with Gasteiger partial charge in [0.05, 0.1) is 0 Å². The number of carbonyl (C=O) groups is 1. The average Bonchev–Trinajstić information content (AvgIpc) is 2.17. The molecule has 3 heteroatoms. The van der Waals surface area contributed by atoms with E-state index < -0.39 is 0 Å². The molecule has 2 N–H and O–H groups in total. The van der Waals surface area contributed by atoms with Crippen molar-refractivity contribution in [3.63, 3.8) is 0 Å². The van der Waals surface area contributed by atoms with Gasteiger partial charge in [0.25, 0.3) is 0 Å². The summed E-state index contributed by atoms with van der Waals surface area (Å²) in [6.07, 6.45) is 4.36. The Bertz CT molecular complexity index is 97.8. The van der Waals surface area contributed by atoms with Crippen LogP contribution in [0.15, 0.2) is 0 Å². The molecule has 10 heavy (non-hydrogen) atoms. The first-order valence-corrected chi connectivity index (χ1v) is 3.84. The number of amides is 1. The molecular formula is C7H14N2O. The van der Waals surface area contributed by atoms with Crippen molar-refractivity contribution in [3.8, 4) is 0 Å². The Labute approximate surface area is 61.2 Å². The molecule has 0 spiro atoms. The second kappa shape index (κ2) is 4.28. The van der Waals surface area contributed by atoms with Gasteiger partial charge in [0.2, 0.25) is 6.41 Å². The van der Waals surface area contributed by atoms with Crippen LogP contribution in [0.3, 0.4) is 0 Å². The smallest absolute Gasteiger partial charge is 0.207 e. The lowest BCUT2D eigenvalue weighted by atomic mass is 10.1. The van der Waals surface area contributed by atoms with E-state index in [1.807, 2.05) is 0 Å². The normalized spacial score (nSPS) is 27.0. The van der Waals surface area contributed by atoms with Crippen molar-refractivity contribution in [3.05, 3.63) is 0 Å². The highest BCUT2D eigenvalue weighted by Crippen LogP contribution is 2.02. The van der Waals surface area contributed by atoms with Gasteiger partial charge in [-0.1, -0.05) is 6.42 Å². The zero-order chi connectivity index (χ0) is 7.23. The Balaban J connectivity index is 2.21. The fourth-order valence-electron chi connectivity index (χ4n) is 1.26. The highest BCUT2D eigenvalue weighted by Gasteiger charge is 2.08. The van der Waals surface area contributed by atoms with E-state index in [4.69, 9.17) is 0 Å². The molecule has 1 aliphatic rings. The summed E-state index contributed by atoms with van der Waals surface area (Å²) in [6, 6.07) is 0.361. The van der Waals surface area contributed by atoms with Gasteiger partial charge >= 0.3 is 0 Å². The Morgan fingerprint density at radius 2 is 2.40 bits per heavy atom. The molecule has 1 amide bonds. The van der Waals surface area contributed by atoms with E-state index in [0.29, 0.717) is 6.04 Å². The maximum absolute atomic E-state index is 10.0. The van der Waals surface area contributed by atoms with Crippen molar-refractivity contribution < 1.29 is 4.79 Å². The monoisotopic (exact) mass is 142 g/mol. The van der Waals surface area contributed by atoms with Crippen molar-refractivity contribution in [2.75, 3.05) is 13.1 Å². The third kappa shape index (κ3) is 2.35. The van der Waals surface area contributed by atoms with Gasteiger partial charge in [0.1, 0.15) is 0 Å². The Hall–Kier alpha value is -0.570. The summed E-state index contributed by atoms with van der Waals surface area (Å²) in [5.41, 5.74) is 0. The molecule has 0 aromatic rings. The minimum atomic E-state index is 0.361. The van der Waals surface area contributed by atoms with Crippen molar-refractivity contribution >= 4 is 6.41 Å². The second-order valence-corrected chi connectivity index (χ2v) is 2.68. The zero-order valence-corrected chi connectivity index (χ0v) is 6.10. The molecule has 0 aromatic heterocycles. The van der Waals surface area contributed by atoms with Gasteiger partial charge in [0, 0.05) is 12.6 Å². The van der Waals surface area contributed by atoms with Gasteiger partial charge in [-0.05, 0) is 19.4 Å². The van der Waals surface area contributed by atoms with Gasteiger partial charge < -0.3 is 10.6 Å². The largest absolute Gasteiger partial charge is 0.355 e. The number of hydrogen-bond donors (Lipinski definition) is 2. The quantitative estimate of drug-likeness (QED) is 0.527. The first-order chi connectivity index (χ1) is 4.93. The lowest BCUT2D eigenvalue weighted by Gasteiger charge is -2.11. The van der Waals surface area contributed by atoms with Crippen LogP contribution in [0.1, 0.15) is 19.3 Å². The van der Waals surface area contributed by atoms with Crippen LogP contribution in [-0.2, 0) is 4.79 Å². The summed E-state index contributed by atoms with van der Waals surface area (Å²) in [5, 5.41) is 6.04. The average molecular weight is 142 g/mol. The van der Waals surface area contributed by atoms with Crippen LogP contribution < -0.4 is 10.6 Å². The molecule has 0 saturated carbocycles. The summed E-state index contributed by atoms with van der Waals surface area (Å²) < 4.78 is 0. The van der Waals surface area contributed by atoms with Crippen LogP contribution >= 0.6 is 0 Å². The molecule has 0 unspecified atom stereocenters. The molecule has 1 rings (SSSR count). The molecule has 1 heterocycles. The Morgan fingerprint density at radius 3 is 3.20 bits per heavy atom. The maximum Gasteiger partial charge on any atom is 0.207 e. The third-order valence-electron chi connectivity index (χ3n) is 1.85. The van der Waals surface area contributed by atoms with E-state index in [-0.39, 0.29) is 0 Å². The fraction of sp³-hybridized carbons (Fsp3) is 0.857. The minimum absolute atomic E-state index is 0.361. The number of rotatable bonds is 2. The SMILES string of the molecule is O=CN[C@H]1CCCCNC1. The predicted octanol–water partition coefficient (Wildman–Crippen LogP) is -0.126. The fourth-order valence-corrected chi connectivity index (χ4v) is 1.26. The van der Waals surface area contributed by atoms with Gasteiger partial charge in [-0.25, -0.2) is 0 Å². The number of carbonyl (C=O) groups excluding carboxylic acids is 1. The van der Waals surface area contributed by atoms with Crippen molar-refractivity contribution in [2.24, 2.45) is 0 Å². The van der Waals surface area contributed by atoms with Crippen LogP contribution in [0.5, 0.6) is 0 Å². The number of nitrogens with one attached hydrogen (secondary N) is 2. The van der Waals surface area contributed by atoms with Gasteiger partial charge in [-0.2, -0.15) is 0 Å². The van der Waals surface area contributed by atoms with Crippen LogP contribution in [0.25, 0.3) is 0 Å². The molecule has 1 aliphatic heterocycles. The van der Waals surface area contributed by atoms with E-state index in [2.05, 4.69) is 10.6 Å². The highest BCUT2D eigenvalue weighted by atomic mass is 16.1. The van der Waals surface area contributed by atoms with E-state index >= 15 is 0 Å². The summed E-state index contributed by atoms with van der Waals surface area (Å²) in [4.78, 5) is 10.0. The Kier molecular flexibility index (Phi) is 3.22. The summed E-state index contributed by atoms with van der Waals surface area (Å²) in [7, 11) is 0. The predicted molar refractivity (Wildman–Crippen MR) is 39.7 cm³/mol. The second-order valence-electron chi connectivity index (χ2n) is 2.68. The summed E-state index contributed by atoms with van der Waals surface area (Å²) in [6.45, 7) is 2.02. The maximum atomic E-state index is 10.0. The van der Waals surface area contributed by atoms with Crippen molar-refractivity contribution in [1.29, 1.82) is 0 Å². The van der Waals surface area contributed by atoms with Crippen LogP contribution in [0, 0.1) is 0 Å². The first-order valence-electron chi connectivity index (χ1n) is 3.84. The van der Waals surface area contributed by atoms with Gasteiger partial charge in [-0.3, -0.25) is 4.79 Å². The van der Waals surface area contributed by atoms with E-state index in [9.17, 15) is 4.79 Å². The van der Waals surface area contributed by atoms with Gasteiger partial charge in [-0.15, -0.1) is 0 Å². The molecule has 58 valence electrons. The standard InChI is InChI=1S/C7H14N2O/c10-6-9-7-3-1-2-4-8-5-7/h6-8H,1-5H2,(H,9,10)/t7-/m0/s1. The molecule has 0 aromatic carbocycles. The van der Waals surface area contributed by atoms with Crippen molar-refractivity contribution in [2.45, 2.75) is 25.3 Å². The van der Waals surface area contributed by atoms with Crippen LogP contribution in [0.4, 0.5) is 0 Å². The molecule has 0 radical (unpaired) electrons. The van der Waals surface area contributed by atoms with Crippen molar-refractivity contribution in [1.82, 2.24) is 10.6 Å². The molecule has 1 saturated heterocycles. The van der Waals surface area contributed by atoms with E-state index in [1.54, 1.807) is 0 Å². The molecule has 1 fully saturated rings. The topological polar surface area (TPSA) is 41.1 Å². The van der Waals surface area contributed by atoms with Crippen LogP contribution in [0.2, 0.25) is 0 Å². The Morgan fingerprint density at radius 1 is 1.50 bits per heavy atom. The zero-order valence-electron chi connectivity index (χ0n) is 6.10. The highest BCUT2D eigenvalue weighted by molar-refractivity contribution is 5.46. The summed E-state index contributed by atoms with van der Waals surface area (Å²) in [5.74, 6) is 0. The molecular weight excluding hydrogens is 128 g/mol. The van der Waals surface area contributed by atoms with E-state index in [0.717, 1.165) is 25.9 Å². The number of hydrogen-bond acceptors (Lipinski definition) is 2. The van der Waals surface area contributed by atoms with Gasteiger partial charge in [0.15, 0.2) is 0 Å². The lowest BCUT2D eigenvalue weighted by Crippen LogP contribution is -2.36. The van der Waals surface area contributed by atoms with Crippen LogP contribution in [-0.4, -0.2) is 25.5 Å². The summed E-state index contributed by atoms with van der Waals surface area (Å²) >= 11 is 0. The molecule has 1 atom stereocenters. The van der Waals surface area contributed by atoms with E-state index in [1.165, 1.54) is 12.8 Å². The molecule has 0 aliphatic carbocycles. The first kappa shape index (κ1) is 7.54. The third-order valence-corrected chi connectivity index (χ3v) is 1.85. The molecule has 3 nitrogen and oxygen atoms in total.